The van der Waals surface area contributed by atoms with Crippen LogP contribution in [-0.2, 0) is 33.3 Å². The molecule has 0 aromatic carbocycles. The number of ether oxygens (including phenoxy) is 5. The van der Waals surface area contributed by atoms with Gasteiger partial charge in [0.05, 0.1) is 17.8 Å². The quantitative estimate of drug-likeness (QED) is 0.322. The Bertz CT molecular complexity index is 1110. The van der Waals surface area contributed by atoms with E-state index in [4.69, 9.17) is 23.7 Å². The third kappa shape index (κ3) is 4.58. The van der Waals surface area contributed by atoms with Gasteiger partial charge in [-0.05, 0) is 80.6 Å². The molecule has 0 aromatic heterocycles. The first-order chi connectivity index (χ1) is 19.8. The van der Waals surface area contributed by atoms with Gasteiger partial charge < -0.3 is 39.0 Å². The summed E-state index contributed by atoms with van der Waals surface area (Å²) in [5.41, 5.74) is -0.720. The fraction of sp³-hybridized carbons (Fsp3) is 0.875. The summed E-state index contributed by atoms with van der Waals surface area (Å²) in [6.07, 6.45) is 3.36. The summed E-state index contributed by atoms with van der Waals surface area (Å²) in [6, 6.07) is 0. The first-order valence-electron chi connectivity index (χ1n) is 15.8. The number of methoxy groups -OCH3 is 1. The van der Waals surface area contributed by atoms with Crippen molar-refractivity contribution in [3.8, 4) is 0 Å². The van der Waals surface area contributed by atoms with E-state index in [1.54, 1.807) is 6.92 Å². The normalized spacial score (nSPS) is 52.0. The van der Waals surface area contributed by atoms with Crippen LogP contribution in [-0.4, -0.2) is 89.5 Å². The molecule has 6 rings (SSSR count). The van der Waals surface area contributed by atoms with Gasteiger partial charge in [0.15, 0.2) is 6.29 Å². The highest BCUT2D eigenvalue weighted by Crippen LogP contribution is 2.70. The van der Waals surface area contributed by atoms with Gasteiger partial charge in [-0.25, -0.2) is 4.79 Å². The van der Waals surface area contributed by atoms with E-state index in [1.807, 2.05) is 0 Å². The lowest BCUT2D eigenvalue weighted by Gasteiger charge is -2.63. The number of fused-ring (bicyclic) bond motifs is 5. The van der Waals surface area contributed by atoms with E-state index >= 15 is 0 Å². The van der Waals surface area contributed by atoms with Crippen LogP contribution in [0.3, 0.4) is 0 Å². The van der Waals surface area contributed by atoms with Gasteiger partial charge in [0, 0.05) is 37.9 Å². The van der Waals surface area contributed by atoms with E-state index in [-0.39, 0.29) is 41.9 Å². The standard InChI is InChI=1S/C32H48O10/c1-16-26(35)28(38-5)27(36)29(40-16)42-20-8-10-30(3)19(13-20)6-7-22-21(30)9-11-31(4)25(18-12-24(34)39-15-18)23(41-17(2)33)14-32(22,31)37/h12,16,19-23,25-29,35-37H,6-11,13-15H2,1-5H3/t16-,19-,20+,21+,22-,23+,25+,26-,27-,28+,29+,30+,31-,32+/m1/s1. The number of esters is 2. The minimum absolute atomic E-state index is 0.0190. The van der Waals surface area contributed by atoms with Gasteiger partial charge in [-0.2, -0.15) is 0 Å². The summed E-state index contributed by atoms with van der Waals surface area (Å²) < 4.78 is 28.7. The lowest BCUT2D eigenvalue weighted by molar-refractivity contribution is -0.313. The van der Waals surface area contributed by atoms with E-state index in [0.29, 0.717) is 18.3 Å². The zero-order chi connectivity index (χ0) is 30.2. The van der Waals surface area contributed by atoms with Gasteiger partial charge in [0.1, 0.15) is 31.0 Å². The van der Waals surface area contributed by atoms with Crippen molar-refractivity contribution in [2.24, 2.45) is 34.5 Å². The Balaban J connectivity index is 1.20. The maximum Gasteiger partial charge on any atom is 0.331 e. The second-order valence-corrected chi connectivity index (χ2v) is 14.5. The van der Waals surface area contributed by atoms with Crippen LogP contribution in [0.1, 0.15) is 79.1 Å². The number of aliphatic hydroxyl groups is 3. The summed E-state index contributed by atoms with van der Waals surface area (Å²) in [7, 11) is 1.47. The predicted octanol–water partition coefficient (Wildman–Crippen LogP) is 2.65. The van der Waals surface area contributed by atoms with E-state index in [9.17, 15) is 24.9 Å². The van der Waals surface area contributed by atoms with Crippen molar-refractivity contribution in [1.29, 1.82) is 0 Å². The van der Waals surface area contributed by atoms with Crippen molar-refractivity contribution < 1.29 is 48.6 Å². The Morgan fingerprint density at radius 2 is 1.83 bits per heavy atom. The Labute approximate surface area is 248 Å². The van der Waals surface area contributed by atoms with Crippen molar-refractivity contribution in [3.63, 3.8) is 0 Å². The third-order valence-corrected chi connectivity index (χ3v) is 12.6. The molecule has 2 aliphatic heterocycles. The molecule has 236 valence electrons. The molecule has 0 unspecified atom stereocenters. The van der Waals surface area contributed by atoms with E-state index in [0.717, 1.165) is 50.5 Å². The summed E-state index contributed by atoms with van der Waals surface area (Å²) in [4.78, 5) is 24.2. The molecule has 42 heavy (non-hydrogen) atoms. The number of hydrogen-bond donors (Lipinski definition) is 3. The Morgan fingerprint density at radius 1 is 1.07 bits per heavy atom. The summed E-state index contributed by atoms with van der Waals surface area (Å²) in [5, 5.41) is 33.8. The molecule has 6 aliphatic rings. The molecule has 0 spiro atoms. The third-order valence-electron chi connectivity index (χ3n) is 12.6. The van der Waals surface area contributed by atoms with Crippen LogP contribution in [0.15, 0.2) is 11.6 Å². The van der Waals surface area contributed by atoms with Crippen LogP contribution < -0.4 is 0 Å². The minimum atomic E-state index is -1.08. The lowest BCUT2D eigenvalue weighted by atomic mass is 9.43. The maximum absolute atomic E-state index is 12.7. The Hall–Kier alpha value is -1.56. The van der Waals surface area contributed by atoms with Crippen LogP contribution in [0.2, 0.25) is 0 Å². The fourth-order valence-electron chi connectivity index (χ4n) is 10.4. The van der Waals surface area contributed by atoms with Gasteiger partial charge in [0.25, 0.3) is 0 Å². The zero-order valence-corrected chi connectivity index (χ0v) is 25.5. The summed E-state index contributed by atoms with van der Waals surface area (Å²) in [6.45, 7) is 7.85. The smallest absolute Gasteiger partial charge is 0.331 e. The van der Waals surface area contributed by atoms with Crippen LogP contribution >= 0.6 is 0 Å². The van der Waals surface area contributed by atoms with Gasteiger partial charge in [0.2, 0.25) is 0 Å². The molecular weight excluding hydrogens is 544 g/mol. The van der Waals surface area contributed by atoms with Crippen molar-refractivity contribution in [1.82, 2.24) is 0 Å². The largest absolute Gasteiger partial charge is 0.462 e. The highest BCUT2D eigenvalue weighted by molar-refractivity contribution is 5.85. The first kappa shape index (κ1) is 30.5. The van der Waals surface area contributed by atoms with E-state index < -0.39 is 47.8 Å². The SMILES string of the molecule is CO[C@@H]1[C@@H](O)[C@H](O[C@H]2CC[C@@]3(C)[C@H](CC[C@@H]4[C@@H]3CC[C@]3(C)[C@@H](C5=CC(=O)OC5)[C@@H](OC(C)=O)C[C@]43O)C2)O[C@H](C)[C@H]1O. The van der Waals surface area contributed by atoms with Crippen LogP contribution in [0.25, 0.3) is 0 Å². The van der Waals surface area contributed by atoms with Crippen LogP contribution in [0, 0.1) is 34.5 Å². The van der Waals surface area contributed by atoms with Crippen molar-refractivity contribution >= 4 is 11.9 Å². The Morgan fingerprint density at radius 3 is 2.50 bits per heavy atom. The van der Waals surface area contributed by atoms with Crippen molar-refractivity contribution in [2.75, 3.05) is 13.7 Å². The van der Waals surface area contributed by atoms with Gasteiger partial charge in [-0.1, -0.05) is 13.8 Å². The highest BCUT2D eigenvalue weighted by atomic mass is 16.7. The number of rotatable bonds is 5. The molecule has 0 aromatic rings. The lowest BCUT2D eigenvalue weighted by Crippen LogP contribution is -2.62. The molecule has 2 heterocycles. The topological polar surface area (TPSA) is 141 Å². The number of hydrogen-bond acceptors (Lipinski definition) is 10. The first-order valence-corrected chi connectivity index (χ1v) is 15.8. The highest BCUT2D eigenvalue weighted by Gasteiger charge is 2.71. The van der Waals surface area contributed by atoms with E-state index in [2.05, 4.69) is 13.8 Å². The zero-order valence-electron chi connectivity index (χ0n) is 25.5. The molecule has 10 nitrogen and oxygen atoms in total. The van der Waals surface area contributed by atoms with Gasteiger partial charge in [-0.15, -0.1) is 0 Å². The molecule has 1 saturated heterocycles. The molecule has 0 amide bonds. The number of carbonyl (C=O) groups excluding carboxylic acids is 2. The molecule has 0 radical (unpaired) electrons. The molecule has 10 heteroatoms. The molecule has 5 fully saturated rings. The monoisotopic (exact) mass is 592 g/mol. The van der Waals surface area contributed by atoms with Crippen LogP contribution in [0.4, 0.5) is 0 Å². The van der Waals surface area contributed by atoms with Crippen LogP contribution in [0.5, 0.6) is 0 Å². The van der Waals surface area contributed by atoms with Crippen molar-refractivity contribution in [3.05, 3.63) is 11.6 Å². The summed E-state index contributed by atoms with van der Waals surface area (Å²) in [5.74, 6) is -0.234. The molecule has 4 aliphatic carbocycles. The molecule has 3 N–H and O–H groups in total. The molecular formula is C32H48O10. The molecule has 0 bridgehead atoms. The molecule has 4 saturated carbocycles. The average Bonchev–Trinajstić information content (AvgIpc) is 3.44. The summed E-state index contributed by atoms with van der Waals surface area (Å²) >= 11 is 0. The van der Waals surface area contributed by atoms with Gasteiger partial charge in [-0.3, -0.25) is 4.79 Å². The second kappa shape index (κ2) is 10.8. The van der Waals surface area contributed by atoms with E-state index in [1.165, 1.54) is 20.1 Å². The Kier molecular flexibility index (Phi) is 7.84. The van der Waals surface area contributed by atoms with Gasteiger partial charge >= 0.3 is 11.9 Å². The number of aliphatic hydroxyl groups excluding tert-OH is 2. The number of carbonyl (C=O) groups is 2. The predicted molar refractivity (Wildman–Crippen MR) is 149 cm³/mol. The van der Waals surface area contributed by atoms with Crippen molar-refractivity contribution in [2.45, 2.75) is 128 Å². The fourth-order valence-corrected chi connectivity index (χ4v) is 10.4. The minimum Gasteiger partial charge on any atom is -0.462 e. The maximum atomic E-state index is 12.7. The average molecular weight is 593 g/mol. The second-order valence-electron chi connectivity index (χ2n) is 14.5. The molecule has 14 atom stereocenters. The number of cyclic esters (lactones) is 1.